The minimum Gasteiger partial charge on any atom is -0.481 e. The van der Waals surface area contributed by atoms with Gasteiger partial charge in [-0.2, -0.15) is 0 Å². The highest BCUT2D eigenvalue weighted by Crippen LogP contribution is 2.75. The van der Waals surface area contributed by atoms with Gasteiger partial charge in [0.25, 0.3) is 0 Å². The Morgan fingerprint density at radius 1 is 0.833 bits per heavy atom. The quantitative estimate of drug-likeness (QED) is 0.383. The number of aliphatic carboxylic acids is 2. The third-order valence-electron chi connectivity index (χ3n) is 13.1. The maximum absolute atomic E-state index is 12.8. The summed E-state index contributed by atoms with van der Waals surface area (Å²) in [5.41, 5.74) is -1.36. The Kier molecular flexibility index (Phi) is 5.53. The number of rotatable bonds is 2. The van der Waals surface area contributed by atoms with E-state index < -0.39 is 40.4 Å². The number of aliphatic hydroxyl groups is 2. The molecule has 6 heteroatoms. The van der Waals surface area contributed by atoms with E-state index >= 15 is 0 Å². The standard InChI is InChI=1S/C30H46O6/c1-25(2)11-13-30(24(35)36)14-12-27(4)17(18(30)15-25)7-8-20-26(3)16-19(31)22(32)29(6,23(33)34)21(26)9-10-28(20,27)5/h7,18-22,31-32H,8-16H2,1-6H3,(H,33,34)(H,35,36)/t18-,19-,20?,21?,22?,26+,27+,28+,29-,30?/m0/s1. The summed E-state index contributed by atoms with van der Waals surface area (Å²) in [6.07, 6.45) is 6.80. The molecule has 0 amide bonds. The van der Waals surface area contributed by atoms with E-state index in [0.29, 0.717) is 19.3 Å². The van der Waals surface area contributed by atoms with Crippen molar-refractivity contribution in [2.45, 2.75) is 112 Å². The van der Waals surface area contributed by atoms with E-state index in [2.05, 4.69) is 40.7 Å². The van der Waals surface area contributed by atoms with Gasteiger partial charge in [0.2, 0.25) is 0 Å². The zero-order chi connectivity index (χ0) is 26.7. The molecule has 4 N–H and O–H groups in total. The topological polar surface area (TPSA) is 115 Å². The molecule has 0 saturated heterocycles. The smallest absolute Gasteiger partial charge is 0.312 e. The molecule has 4 saturated carbocycles. The molecule has 0 bridgehead atoms. The first-order valence-electron chi connectivity index (χ1n) is 14.0. The van der Waals surface area contributed by atoms with Crippen LogP contribution in [0.15, 0.2) is 11.6 Å². The summed E-state index contributed by atoms with van der Waals surface area (Å²) in [7, 11) is 0. The Balaban J connectivity index is 1.62. The fourth-order valence-electron chi connectivity index (χ4n) is 10.7. The average Bonchev–Trinajstić information content (AvgIpc) is 2.77. The van der Waals surface area contributed by atoms with Crippen LogP contribution in [0.1, 0.15) is 99.3 Å². The van der Waals surface area contributed by atoms with E-state index in [0.717, 1.165) is 38.5 Å². The highest BCUT2D eigenvalue weighted by molar-refractivity contribution is 5.77. The third kappa shape index (κ3) is 2.98. The lowest BCUT2D eigenvalue weighted by molar-refractivity contribution is -0.239. The van der Waals surface area contributed by atoms with Gasteiger partial charge < -0.3 is 20.4 Å². The second-order valence-electron chi connectivity index (χ2n) is 15.0. The van der Waals surface area contributed by atoms with Crippen LogP contribution in [-0.2, 0) is 9.59 Å². The lowest BCUT2D eigenvalue weighted by Crippen LogP contribution is -2.68. The van der Waals surface area contributed by atoms with Crippen LogP contribution in [0.4, 0.5) is 0 Å². The van der Waals surface area contributed by atoms with Gasteiger partial charge in [-0.05, 0) is 104 Å². The molecule has 0 heterocycles. The van der Waals surface area contributed by atoms with Crippen LogP contribution >= 0.6 is 0 Å². The molecule has 0 spiro atoms. The fourth-order valence-corrected chi connectivity index (χ4v) is 10.7. The summed E-state index contributed by atoms with van der Waals surface area (Å²) in [6.45, 7) is 13.0. The van der Waals surface area contributed by atoms with Gasteiger partial charge in [-0.1, -0.05) is 46.3 Å². The van der Waals surface area contributed by atoms with Crippen molar-refractivity contribution in [3.8, 4) is 0 Å². The summed E-state index contributed by atoms with van der Waals surface area (Å²) in [4.78, 5) is 25.3. The number of fused-ring (bicyclic) bond motifs is 7. The fraction of sp³-hybridized carbons (Fsp3) is 0.867. The first-order valence-corrected chi connectivity index (χ1v) is 14.0. The van der Waals surface area contributed by atoms with Crippen molar-refractivity contribution in [1.82, 2.24) is 0 Å². The second kappa shape index (κ2) is 7.59. The summed E-state index contributed by atoms with van der Waals surface area (Å²) < 4.78 is 0. The van der Waals surface area contributed by atoms with Gasteiger partial charge in [0.15, 0.2) is 0 Å². The predicted octanol–water partition coefficient (Wildman–Crippen LogP) is 5.27. The maximum Gasteiger partial charge on any atom is 0.312 e. The van der Waals surface area contributed by atoms with Crippen molar-refractivity contribution in [2.24, 2.45) is 50.2 Å². The molecule has 202 valence electrons. The summed E-state index contributed by atoms with van der Waals surface area (Å²) in [6, 6.07) is 0. The van der Waals surface area contributed by atoms with Gasteiger partial charge >= 0.3 is 11.9 Å². The SMILES string of the molecule is CC1(C)CCC2(C(=O)O)CC[C@]3(C)C(=CCC4[C@@]5(C)C[C@H](O)C(O)[C@@](C)(C(=O)O)C5CC[C@]43C)[C@@H]2C1. The number of carbonyl (C=O) groups is 2. The molecule has 4 fully saturated rings. The molecule has 5 aliphatic carbocycles. The summed E-state index contributed by atoms with van der Waals surface area (Å²) >= 11 is 0. The van der Waals surface area contributed by atoms with Crippen molar-refractivity contribution in [1.29, 1.82) is 0 Å². The molecule has 4 unspecified atom stereocenters. The van der Waals surface area contributed by atoms with E-state index in [9.17, 15) is 30.0 Å². The number of aliphatic hydroxyl groups excluding tert-OH is 2. The van der Waals surface area contributed by atoms with Gasteiger partial charge in [-0.15, -0.1) is 0 Å². The Labute approximate surface area is 215 Å². The van der Waals surface area contributed by atoms with Crippen molar-refractivity contribution >= 4 is 11.9 Å². The number of hydrogen-bond acceptors (Lipinski definition) is 4. The monoisotopic (exact) mass is 502 g/mol. The molecule has 36 heavy (non-hydrogen) atoms. The predicted molar refractivity (Wildman–Crippen MR) is 136 cm³/mol. The van der Waals surface area contributed by atoms with Crippen LogP contribution in [0.3, 0.4) is 0 Å². The van der Waals surface area contributed by atoms with Gasteiger partial charge in [-0.3, -0.25) is 9.59 Å². The van der Waals surface area contributed by atoms with Crippen molar-refractivity contribution in [3.63, 3.8) is 0 Å². The van der Waals surface area contributed by atoms with Crippen LogP contribution < -0.4 is 0 Å². The van der Waals surface area contributed by atoms with E-state index in [-0.39, 0.29) is 34.0 Å². The van der Waals surface area contributed by atoms with E-state index in [1.165, 1.54) is 5.57 Å². The molecule has 0 aromatic carbocycles. The molecular weight excluding hydrogens is 456 g/mol. The molecule has 0 aromatic heterocycles. The molecular formula is C30H46O6. The molecule has 10 atom stereocenters. The molecule has 0 aliphatic heterocycles. The third-order valence-corrected chi connectivity index (χ3v) is 13.1. The largest absolute Gasteiger partial charge is 0.481 e. The lowest BCUT2D eigenvalue weighted by atomic mass is 9.33. The molecule has 5 rings (SSSR count). The minimum atomic E-state index is -1.39. The summed E-state index contributed by atoms with van der Waals surface area (Å²) in [5, 5.41) is 42.6. The average molecular weight is 503 g/mol. The van der Waals surface area contributed by atoms with Gasteiger partial charge in [0, 0.05) is 0 Å². The first-order chi connectivity index (χ1) is 16.5. The summed E-state index contributed by atoms with van der Waals surface area (Å²) in [5.74, 6) is -1.71. The zero-order valence-corrected chi connectivity index (χ0v) is 22.9. The number of carboxylic acids is 2. The number of hydrogen-bond donors (Lipinski definition) is 4. The number of allylic oxidation sites excluding steroid dienone is 2. The van der Waals surface area contributed by atoms with E-state index in [4.69, 9.17) is 0 Å². The minimum absolute atomic E-state index is 0.0314. The van der Waals surface area contributed by atoms with E-state index in [1.807, 2.05) is 0 Å². The lowest BCUT2D eigenvalue weighted by Gasteiger charge is -2.71. The van der Waals surface area contributed by atoms with Crippen LogP contribution in [0.5, 0.6) is 0 Å². The van der Waals surface area contributed by atoms with Crippen LogP contribution in [0.2, 0.25) is 0 Å². The molecule has 0 aromatic rings. The Hall–Kier alpha value is -1.40. The van der Waals surface area contributed by atoms with Crippen molar-refractivity contribution in [2.75, 3.05) is 0 Å². The zero-order valence-electron chi connectivity index (χ0n) is 22.9. The Bertz CT molecular complexity index is 1020. The Morgan fingerprint density at radius 3 is 2.08 bits per heavy atom. The normalized spacial score (nSPS) is 53.7. The van der Waals surface area contributed by atoms with Crippen LogP contribution in [0, 0.1) is 50.2 Å². The van der Waals surface area contributed by atoms with Crippen molar-refractivity contribution < 1.29 is 30.0 Å². The highest BCUT2D eigenvalue weighted by Gasteiger charge is 2.71. The van der Waals surface area contributed by atoms with Gasteiger partial charge in [0.05, 0.1) is 23.0 Å². The van der Waals surface area contributed by atoms with E-state index in [1.54, 1.807) is 6.92 Å². The molecule has 5 aliphatic rings. The number of carboxylic acid groups (broad SMARTS) is 2. The molecule has 0 radical (unpaired) electrons. The molecule has 6 nitrogen and oxygen atoms in total. The van der Waals surface area contributed by atoms with Crippen molar-refractivity contribution in [3.05, 3.63) is 11.6 Å². The van der Waals surface area contributed by atoms with Crippen LogP contribution in [0.25, 0.3) is 0 Å². The van der Waals surface area contributed by atoms with Crippen LogP contribution in [-0.4, -0.2) is 44.6 Å². The Morgan fingerprint density at radius 2 is 1.47 bits per heavy atom. The van der Waals surface area contributed by atoms with Gasteiger partial charge in [0.1, 0.15) is 0 Å². The second-order valence-corrected chi connectivity index (χ2v) is 15.0. The van der Waals surface area contributed by atoms with Gasteiger partial charge in [-0.25, -0.2) is 0 Å². The maximum atomic E-state index is 12.8. The highest BCUT2D eigenvalue weighted by atomic mass is 16.4. The first kappa shape index (κ1) is 26.2.